The van der Waals surface area contributed by atoms with Crippen molar-refractivity contribution in [2.45, 2.75) is 25.2 Å². The van der Waals surface area contributed by atoms with Gasteiger partial charge in [0.2, 0.25) is 0 Å². The number of fused-ring (bicyclic) bond motifs is 1. The number of hydrogen-bond acceptors (Lipinski definition) is 8. The maximum atomic E-state index is 12.4. The van der Waals surface area contributed by atoms with Gasteiger partial charge >= 0.3 is 6.03 Å². The van der Waals surface area contributed by atoms with Crippen molar-refractivity contribution in [3.05, 3.63) is 11.7 Å². The number of carbonyl (C=O) groups is 1. The molecule has 2 atom stereocenters. The number of nitrogens with zero attached hydrogens (tertiary/aromatic N) is 5. The van der Waals surface area contributed by atoms with Crippen LogP contribution in [0.3, 0.4) is 0 Å². The van der Waals surface area contributed by atoms with E-state index in [4.69, 9.17) is 9.26 Å². The van der Waals surface area contributed by atoms with E-state index in [1.807, 2.05) is 4.90 Å². The van der Waals surface area contributed by atoms with Gasteiger partial charge < -0.3 is 19.1 Å². The van der Waals surface area contributed by atoms with E-state index < -0.39 is 9.84 Å². The van der Waals surface area contributed by atoms with Crippen molar-refractivity contribution >= 4 is 15.9 Å². The Labute approximate surface area is 146 Å². The van der Waals surface area contributed by atoms with Crippen LogP contribution >= 0.6 is 0 Å². The Hall–Kier alpha value is -1.72. The van der Waals surface area contributed by atoms with E-state index in [-0.39, 0.29) is 36.2 Å². The topological polar surface area (TPSA) is 109 Å². The van der Waals surface area contributed by atoms with Gasteiger partial charge in [0.1, 0.15) is 6.61 Å². The van der Waals surface area contributed by atoms with Gasteiger partial charge in [0.15, 0.2) is 15.7 Å². The van der Waals surface area contributed by atoms with Crippen LogP contribution in [0.15, 0.2) is 4.52 Å². The predicted molar refractivity (Wildman–Crippen MR) is 87.4 cm³/mol. The molecule has 2 aliphatic heterocycles. The smallest absolute Gasteiger partial charge is 0.319 e. The average Bonchev–Trinajstić information content (AvgIpc) is 3.10. The number of rotatable bonds is 4. The van der Waals surface area contributed by atoms with Crippen LogP contribution < -0.4 is 0 Å². The second kappa shape index (κ2) is 6.89. The number of amides is 2. The Morgan fingerprint density at radius 3 is 2.72 bits per heavy atom. The van der Waals surface area contributed by atoms with Crippen LogP contribution in [-0.4, -0.2) is 97.2 Å². The zero-order chi connectivity index (χ0) is 18.2. The van der Waals surface area contributed by atoms with E-state index in [1.165, 1.54) is 4.90 Å². The molecule has 10 nitrogen and oxygen atoms in total. The monoisotopic (exact) mass is 373 g/mol. The SMILES string of the molecule is COCc1nc(CN2CCN(C(=O)N(C)C)[C@H]3CS(=O)(=O)C[C@H]32)no1. The predicted octanol–water partition coefficient (Wildman–Crippen LogP) is -0.819. The molecule has 2 amide bonds. The second-order valence-electron chi connectivity index (χ2n) is 6.59. The van der Waals surface area contributed by atoms with Crippen LogP contribution in [0.2, 0.25) is 0 Å². The summed E-state index contributed by atoms with van der Waals surface area (Å²) >= 11 is 0. The zero-order valence-electron chi connectivity index (χ0n) is 14.6. The number of methoxy groups -OCH3 is 1. The molecule has 1 aromatic heterocycles. The van der Waals surface area contributed by atoms with Crippen molar-refractivity contribution in [3.8, 4) is 0 Å². The van der Waals surface area contributed by atoms with Gasteiger partial charge in [0, 0.05) is 40.3 Å². The molecule has 1 aromatic rings. The quantitative estimate of drug-likeness (QED) is 0.673. The molecule has 0 radical (unpaired) electrons. The second-order valence-corrected chi connectivity index (χ2v) is 8.74. The molecule has 0 aromatic carbocycles. The van der Waals surface area contributed by atoms with Gasteiger partial charge in [0.05, 0.1) is 24.1 Å². The molecule has 3 rings (SSSR count). The van der Waals surface area contributed by atoms with Gasteiger partial charge in [-0.15, -0.1) is 0 Å². The van der Waals surface area contributed by atoms with E-state index in [2.05, 4.69) is 10.1 Å². The molecule has 0 aliphatic carbocycles. The van der Waals surface area contributed by atoms with Gasteiger partial charge in [-0.3, -0.25) is 4.90 Å². The number of carbonyl (C=O) groups excluding carboxylic acids is 1. The van der Waals surface area contributed by atoms with Crippen LogP contribution in [0.4, 0.5) is 4.79 Å². The summed E-state index contributed by atoms with van der Waals surface area (Å²) < 4.78 is 34.4. The van der Waals surface area contributed by atoms with Crippen LogP contribution in [0.25, 0.3) is 0 Å². The van der Waals surface area contributed by atoms with Gasteiger partial charge in [0.25, 0.3) is 5.89 Å². The minimum Gasteiger partial charge on any atom is -0.375 e. The third-order valence-electron chi connectivity index (χ3n) is 4.54. The van der Waals surface area contributed by atoms with Crippen LogP contribution in [0.1, 0.15) is 11.7 Å². The lowest BCUT2D eigenvalue weighted by molar-refractivity contribution is 0.0502. The fraction of sp³-hybridized carbons (Fsp3) is 0.786. The molecule has 0 unspecified atom stereocenters. The normalized spacial score (nSPS) is 25.8. The molecule has 2 aliphatic rings. The highest BCUT2D eigenvalue weighted by Gasteiger charge is 2.48. The molecular formula is C14H23N5O5S. The molecule has 3 heterocycles. The Morgan fingerprint density at radius 2 is 2.04 bits per heavy atom. The molecular weight excluding hydrogens is 350 g/mol. The minimum atomic E-state index is -3.19. The zero-order valence-corrected chi connectivity index (χ0v) is 15.4. The number of aromatic nitrogens is 2. The molecule has 0 N–H and O–H groups in total. The highest BCUT2D eigenvalue weighted by Crippen LogP contribution is 2.28. The molecule has 0 saturated carbocycles. The lowest BCUT2D eigenvalue weighted by Gasteiger charge is -2.44. The van der Waals surface area contributed by atoms with Crippen molar-refractivity contribution in [3.63, 3.8) is 0 Å². The Morgan fingerprint density at radius 1 is 1.32 bits per heavy atom. The van der Waals surface area contributed by atoms with E-state index in [9.17, 15) is 13.2 Å². The fourth-order valence-corrected chi connectivity index (χ4v) is 5.45. The standard InChI is InChI=1S/C14H23N5O5S/c1-17(2)14(20)19-5-4-18(10-8-25(21,22)9-11(10)19)6-12-15-13(7-23-3)24-16-12/h10-11H,4-9H2,1-3H3/t10-,11+/m1/s1. The van der Waals surface area contributed by atoms with Gasteiger partial charge in [-0.2, -0.15) is 4.98 Å². The van der Waals surface area contributed by atoms with E-state index >= 15 is 0 Å². The summed E-state index contributed by atoms with van der Waals surface area (Å²) in [5.41, 5.74) is 0. The number of hydrogen-bond donors (Lipinski definition) is 0. The number of sulfone groups is 1. The molecule has 2 saturated heterocycles. The van der Waals surface area contributed by atoms with Gasteiger partial charge in [-0.25, -0.2) is 13.2 Å². The molecule has 140 valence electrons. The summed E-state index contributed by atoms with van der Waals surface area (Å²) in [6.45, 7) is 1.65. The number of ether oxygens (including phenoxy) is 1. The third kappa shape index (κ3) is 3.77. The van der Waals surface area contributed by atoms with E-state index in [1.54, 1.807) is 26.1 Å². The fourth-order valence-electron chi connectivity index (χ4n) is 3.43. The summed E-state index contributed by atoms with van der Waals surface area (Å²) in [5, 5.41) is 3.92. The Balaban J connectivity index is 1.77. The first-order valence-corrected chi connectivity index (χ1v) is 9.85. The van der Waals surface area contributed by atoms with Crippen LogP contribution in [0.5, 0.6) is 0 Å². The third-order valence-corrected chi connectivity index (χ3v) is 6.24. The summed E-state index contributed by atoms with van der Waals surface area (Å²) in [4.78, 5) is 21.8. The lowest BCUT2D eigenvalue weighted by atomic mass is 10.1. The average molecular weight is 373 g/mol. The number of urea groups is 1. The van der Waals surface area contributed by atoms with Crippen molar-refractivity contribution < 1.29 is 22.5 Å². The first-order valence-electron chi connectivity index (χ1n) is 8.03. The summed E-state index contributed by atoms with van der Waals surface area (Å²) in [7, 11) is 1.69. The van der Waals surface area contributed by atoms with Crippen molar-refractivity contribution in [2.75, 3.05) is 45.8 Å². The minimum absolute atomic E-state index is 0.00504. The van der Waals surface area contributed by atoms with Crippen molar-refractivity contribution in [1.82, 2.24) is 24.8 Å². The Kier molecular flexibility index (Phi) is 4.98. The first-order chi connectivity index (χ1) is 11.8. The molecule has 2 fully saturated rings. The summed E-state index contributed by atoms with van der Waals surface area (Å²) in [5.74, 6) is 0.907. The van der Waals surface area contributed by atoms with Crippen LogP contribution in [-0.2, 0) is 27.7 Å². The van der Waals surface area contributed by atoms with Crippen LogP contribution in [0, 0.1) is 0 Å². The molecule has 0 spiro atoms. The largest absolute Gasteiger partial charge is 0.375 e. The van der Waals surface area contributed by atoms with Crippen molar-refractivity contribution in [2.24, 2.45) is 0 Å². The molecule has 25 heavy (non-hydrogen) atoms. The highest BCUT2D eigenvalue weighted by atomic mass is 32.2. The van der Waals surface area contributed by atoms with Gasteiger partial charge in [-0.05, 0) is 0 Å². The highest BCUT2D eigenvalue weighted by molar-refractivity contribution is 7.91. The maximum Gasteiger partial charge on any atom is 0.319 e. The lowest BCUT2D eigenvalue weighted by Crippen LogP contribution is -2.61. The molecule has 0 bridgehead atoms. The first kappa shape index (κ1) is 18.1. The molecule has 11 heteroatoms. The van der Waals surface area contributed by atoms with E-state index in [0.717, 1.165) is 0 Å². The summed E-state index contributed by atoms with van der Waals surface area (Å²) in [6.07, 6.45) is 0. The maximum absolute atomic E-state index is 12.4. The summed E-state index contributed by atoms with van der Waals surface area (Å²) in [6, 6.07) is -0.764. The Bertz CT molecular complexity index is 734. The van der Waals surface area contributed by atoms with Gasteiger partial charge in [-0.1, -0.05) is 5.16 Å². The number of piperazine rings is 1. The van der Waals surface area contributed by atoms with Crippen molar-refractivity contribution in [1.29, 1.82) is 0 Å². The van der Waals surface area contributed by atoms with E-state index in [0.29, 0.717) is 31.3 Å².